The van der Waals surface area contributed by atoms with Crippen LogP contribution in [0.5, 0.6) is 0 Å². The number of carboxylic acids is 1. The van der Waals surface area contributed by atoms with Crippen LogP contribution in [0.1, 0.15) is 31.2 Å². The van der Waals surface area contributed by atoms with Crippen LogP contribution in [0.15, 0.2) is 30.3 Å². The third-order valence-electron chi connectivity index (χ3n) is 5.27. The molecular formula is C17H19BrO3. The fourth-order valence-corrected chi connectivity index (χ4v) is 4.89. The van der Waals surface area contributed by atoms with Crippen LogP contribution in [0.2, 0.25) is 0 Å². The van der Waals surface area contributed by atoms with Gasteiger partial charge in [-0.05, 0) is 43.1 Å². The quantitative estimate of drug-likeness (QED) is 0.846. The van der Waals surface area contributed by atoms with Crippen molar-refractivity contribution in [2.24, 2.45) is 17.3 Å². The van der Waals surface area contributed by atoms with Crippen LogP contribution in [0, 0.1) is 17.3 Å². The Hall–Kier alpha value is -1.16. The molecule has 0 aliphatic heterocycles. The van der Waals surface area contributed by atoms with Crippen molar-refractivity contribution in [1.82, 2.24) is 0 Å². The third kappa shape index (κ3) is 2.54. The molecule has 0 radical (unpaired) electrons. The number of rotatable bonds is 4. The summed E-state index contributed by atoms with van der Waals surface area (Å²) >= 11 is 3.56. The number of aliphatic carboxylic acids is 1. The molecule has 1 aromatic rings. The molecule has 0 aromatic heterocycles. The first-order valence-electron chi connectivity index (χ1n) is 7.47. The molecule has 2 fully saturated rings. The Morgan fingerprint density at radius 2 is 2.05 bits per heavy atom. The molecule has 1 N–H and O–H groups in total. The molecule has 2 aliphatic rings. The number of carbonyl (C=O) groups excluding carboxylic acids is 1. The van der Waals surface area contributed by atoms with Crippen molar-refractivity contribution in [1.29, 1.82) is 0 Å². The molecule has 0 bridgehead atoms. The zero-order valence-electron chi connectivity index (χ0n) is 11.8. The number of halogens is 1. The Kier molecular flexibility index (Phi) is 3.91. The number of hydrogen-bond donors (Lipinski definition) is 1. The molecule has 0 heterocycles. The minimum Gasteiger partial charge on any atom is -0.481 e. The molecule has 0 amide bonds. The smallest absolute Gasteiger partial charge is 0.304 e. The second kappa shape index (κ2) is 5.56. The highest BCUT2D eigenvalue weighted by molar-refractivity contribution is 9.10. The number of hydrogen-bond acceptors (Lipinski definition) is 2. The minimum absolute atomic E-state index is 0.00332. The molecule has 2 saturated carbocycles. The van der Waals surface area contributed by atoms with Gasteiger partial charge < -0.3 is 5.11 Å². The van der Waals surface area contributed by atoms with Crippen molar-refractivity contribution in [3.63, 3.8) is 0 Å². The fourth-order valence-electron chi connectivity index (χ4n) is 4.03. The fraction of sp³-hybridized carbons (Fsp3) is 0.529. The first kappa shape index (κ1) is 14.8. The first-order valence-corrected chi connectivity index (χ1v) is 8.38. The van der Waals surface area contributed by atoms with Gasteiger partial charge >= 0.3 is 5.97 Å². The van der Waals surface area contributed by atoms with E-state index in [-0.39, 0.29) is 28.9 Å². The lowest BCUT2D eigenvalue weighted by Crippen LogP contribution is -2.57. The Balaban J connectivity index is 1.77. The lowest BCUT2D eigenvalue weighted by molar-refractivity contribution is -0.158. The number of benzene rings is 1. The van der Waals surface area contributed by atoms with E-state index >= 15 is 0 Å². The second-order valence-corrected chi connectivity index (χ2v) is 7.40. The highest BCUT2D eigenvalue weighted by Crippen LogP contribution is 2.58. The van der Waals surface area contributed by atoms with Gasteiger partial charge in [0, 0.05) is 5.41 Å². The average molecular weight is 351 g/mol. The molecule has 3 rings (SSSR count). The molecule has 0 saturated heterocycles. The summed E-state index contributed by atoms with van der Waals surface area (Å²) in [5.74, 6) is -0.210. The van der Waals surface area contributed by atoms with Crippen molar-refractivity contribution >= 4 is 27.7 Å². The summed E-state index contributed by atoms with van der Waals surface area (Å²) in [6.45, 7) is 0. The Bertz CT molecular complexity index is 556. The molecular weight excluding hydrogens is 332 g/mol. The summed E-state index contributed by atoms with van der Waals surface area (Å²) in [4.78, 5) is 23.6. The SMILES string of the molecule is O=C(O)CC12CCC1CC(Cc1ccccc1)C(Br)C2=O. The van der Waals surface area contributed by atoms with Gasteiger partial charge in [0.1, 0.15) is 0 Å². The highest BCUT2D eigenvalue weighted by atomic mass is 79.9. The van der Waals surface area contributed by atoms with E-state index in [1.807, 2.05) is 18.2 Å². The Morgan fingerprint density at radius 3 is 2.62 bits per heavy atom. The molecule has 4 atom stereocenters. The molecule has 0 spiro atoms. The number of fused-ring (bicyclic) bond motifs is 1. The predicted octanol–water partition coefficient (Wildman–Crippen LogP) is 3.45. The van der Waals surface area contributed by atoms with Crippen LogP contribution in [0.4, 0.5) is 0 Å². The Morgan fingerprint density at radius 1 is 1.33 bits per heavy atom. The van der Waals surface area contributed by atoms with Gasteiger partial charge in [0.25, 0.3) is 0 Å². The van der Waals surface area contributed by atoms with E-state index in [2.05, 4.69) is 28.1 Å². The molecule has 112 valence electrons. The zero-order chi connectivity index (χ0) is 15.0. The van der Waals surface area contributed by atoms with E-state index in [0.717, 1.165) is 25.7 Å². The average Bonchev–Trinajstić information content (AvgIpc) is 2.46. The van der Waals surface area contributed by atoms with E-state index in [4.69, 9.17) is 5.11 Å². The summed E-state index contributed by atoms with van der Waals surface area (Å²) in [5.41, 5.74) is 0.650. The third-order valence-corrected chi connectivity index (χ3v) is 6.43. The van der Waals surface area contributed by atoms with Crippen molar-refractivity contribution in [2.45, 2.75) is 36.9 Å². The van der Waals surface area contributed by atoms with Crippen LogP contribution in [0.3, 0.4) is 0 Å². The van der Waals surface area contributed by atoms with Crippen molar-refractivity contribution in [3.8, 4) is 0 Å². The largest absolute Gasteiger partial charge is 0.481 e. The Labute approximate surface area is 132 Å². The van der Waals surface area contributed by atoms with Gasteiger partial charge in [0.05, 0.1) is 11.2 Å². The summed E-state index contributed by atoms with van der Waals surface area (Å²) in [6, 6.07) is 10.2. The molecule has 4 heteroatoms. The van der Waals surface area contributed by atoms with E-state index in [9.17, 15) is 9.59 Å². The van der Waals surface area contributed by atoms with Crippen LogP contribution in [0.25, 0.3) is 0 Å². The van der Waals surface area contributed by atoms with Crippen LogP contribution in [-0.4, -0.2) is 21.7 Å². The normalized spacial score (nSPS) is 34.9. The van der Waals surface area contributed by atoms with E-state index in [1.54, 1.807) is 0 Å². The molecule has 4 unspecified atom stereocenters. The van der Waals surface area contributed by atoms with Gasteiger partial charge in [-0.2, -0.15) is 0 Å². The topological polar surface area (TPSA) is 54.4 Å². The number of Topliss-reactive ketones (excluding diaryl/α,β-unsaturated/α-hetero) is 1. The van der Waals surface area contributed by atoms with E-state index in [0.29, 0.717) is 0 Å². The molecule has 1 aromatic carbocycles. The first-order chi connectivity index (χ1) is 10.0. The van der Waals surface area contributed by atoms with Gasteiger partial charge in [0.15, 0.2) is 5.78 Å². The number of ketones is 1. The van der Waals surface area contributed by atoms with Crippen molar-refractivity contribution in [2.75, 3.05) is 0 Å². The molecule has 3 nitrogen and oxygen atoms in total. The summed E-state index contributed by atoms with van der Waals surface area (Å²) in [6.07, 6.45) is 3.55. The number of carbonyl (C=O) groups is 2. The maximum absolute atomic E-state index is 12.7. The predicted molar refractivity (Wildman–Crippen MR) is 83.4 cm³/mol. The van der Waals surface area contributed by atoms with E-state index < -0.39 is 11.4 Å². The second-order valence-electron chi connectivity index (χ2n) is 6.41. The minimum atomic E-state index is -0.853. The number of carboxylic acid groups (broad SMARTS) is 1. The van der Waals surface area contributed by atoms with Gasteiger partial charge in [-0.25, -0.2) is 0 Å². The zero-order valence-corrected chi connectivity index (χ0v) is 13.4. The van der Waals surface area contributed by atoms with Crippen LogP contribution < -0.4 is 0 Å². The summed E-state index contributed by atoms with van der Waals surface area (Å²) < 4.78 is 0. The maximum atomic E-state index is 12.7. The lowest BCUT2D eigenvalue weighted by Gasteiger charge is -2.54. The van der Waals surface area contributed by atoms with Gasteiger partial charge in [-0.15, -0.1) is 0 Å². The summed E-state index contributed by atoms with van der Waals surface area (Å²) in [7, 11) is 0. The van der Waals surface area contributed by atoms with Gasteiger partial charge in [-0.1, -0.05) is 46.3 Å². The standard InChI is InChI=1S/C17H19BrO3/c18-15-12(8-11-4-2-1-3-5-11)9-13-6-7-17(13,16(15)21)10-14(19)20/h1-5,12-13,15H,6-10H2,(H,19,20). The number of alkyl halides is 1. The lowest BCUT2D eigenvalue weighted by atomic mass is 9.49. The summed E-state index contributed by atoms with van der Waals surface area (Å²) in [5, 5.41) is 9.12. The van der Waals surface area contributed by atoms with Crippen LogP contribution >= 0.6 is 15.9 Å². The molecule has 21 heavy (non-hydrogen) atoms. The van der Waals surface area contributed by atoms with Gasteiger partial charge in [-0.3, -0.25) is 9.59 Å². The highest BCUT2D eigenvalue weighted by Gasteiger charge is 2.59. The van der Waals surface area contributed by atoms with Crippen molar-refractivity contribution in [3.05, 3.63) is 35.9 Å². The van der Waals surface area contributed by atoms with Crippen molar-refractivity contribution < 1.29 is 14.7 Å². The van der Waals surface area contributed by atoms with E-state index in [1.165, 1.54) is 5.56 Å². The monoisotopic (exact) mass is 350 g/mol. The molecule has 2 aliphatic carbocycles. The maximum Gasteiger partial charge on any atom is 0.304 e. The van der Waals surface area contributed by atoms with Crippen LogP contribution in [-0.2, 0) is 16.0 Å². The van der Waals surface area contributed by atoms with Gasteiger partial charge in [0.2, 0.25) is 0 Å².